The maximum Gasteiger partial charge on any atom is 0.239 e. The van der Waals surface area contributed by atoms with Crippen molar-refractivity contribution in [2.45, 2.75) is 43.8 Å². The van der Waals surface area contributed by atoms with Crippen LogP contribution in [0.1, 0.15) is 25.7 Å². The fourth-order valence-corrected chi connectivity index (χ4v) is 2.96. The molecule has 2 aliphatic heterocycles. The zero-order valence-corrected chi connectivity index (χ0v) is 7.05. The minimum atomic E-state index is 0.165. The average molecular weight is 166 g/mol. The number of amides is 1. The number of hydrogen-bond donors (Lipinski definition) is 2. The maximum atomic E-state index is 11.1. The minimum Gasteiger partial charge on any atom is -0.349 e. The Bertz CT molecular complexity index is 229. The lowest BCUT2D eigenvalue weighted by Gasteiger charge is -2.34. The molecule has 0 bridgehead atoms. The van der Waals surface area contributed by atoms with Gasteiger partial charge in [0.05, 0.1) is 6.04 Å². The van der Waals surface area contributed by atoms with Crippen LogP contribution in [0.5, 0.6) is 0 Å². The summed E-state index contributed by atoms with van der Waals surface area (Å²) >= 11 is 0. The van der Waals surface area contributed by atoms with Crippen molar-refractivity contribution in [3.8, 4) is 0 Å². The summed E-state index contributed by atoms with van der Waals surface area (Å²) in [6.07, 6.45) is 5.26. The molecule has 3 aliphatic rings. The van der Waals surface area contributed by atoms with Gasteiger partial charge < -0.3 is 10.6 Å². The fraction of sp³-hybridized carbons (Fsp3) is 0.889. The van der Waals surface area contributed by atoms with Crippen LogP contribution in [0, 0.1) is 5.92 Å². The number of rotatable bonds is 0. The van der Waals surface area contributed by atoms with Gasteiger partial charge in [0.15, 0.2) is 0 Å². The van der Waals surface area contributed by atoms with Crippen LogP contribution in [0.25, 0.3) is 0 Å². The standard InChI is InChI=1S/C9H14N2O/c12-9-8-7(11-9)5-3-1-2-4-6(5)10-8/h5-8,10H,1-4H2,(H,11,12)/t5-,6+,7-,8+/m1/s1. The van der Waals surface area contributed by atoms with Crippen LogP contribution in [0.15, 0.2) is 0 Å². The van der Waals surface area contributed by atoms with Gasteiger partial charge in [-0.3, -0.25) is 4.79 Å². The number of carbonyl (C=O) groups is 1. The lowest BCUT2D eigenvalue weighted by molar-refractivity contribution is -0.130. The number of β-lactam (4-membered cyclic amide) rings is 1. The second-order valence-electron chi connectivity index (χ2n) is 4.23. The molecule has 12 heavy (non-hydrogen) atoms. The van der Waals surface area contributed by atoms with E-state index < -0.39 is 0 Å². The van der Waals surface area contributed by atoms with Crippen molar-refractivity contribution in [2.75, 3.05) is 0 Å². The predicted octanol–water partition coefficient (Wildman–Crippen LogP) is 0.0154. The largest absolute Gasteiger partial charge is 0.349 e. The molecule has 66 valence electrons. The molecule has 3 fully saturated rings. The molecule has 0 unspecified atom stereocenters. The van der Waals surface area contributed by atoms with Gasteiger partial charge in [-0.15, -0.1) is 0 Å². The number of hydrogen-bond acceptors (Lipinski definition) is 2. The van der Waals surface area contributed by atoms with Crippen LogP contribution >= 0.6 is 0 Å². The second-order valence-corrected chi connectivity index (χ2v) is 4.23. The third-order valence-electron chi connectivity index (χ3n) is 3.62. The van der Waals surface area contributed by atoms with Crippen molar-refractivity contribution in [3.63, 3.8) is 0 Å². The molecule has 0 aromatic heterocycles. The molecular weight excluding hydrogens is 152 g/mol. The third-order valence-corrected chi connectivity index (χ3v) is 3.62. The second kappa shape index (κ2) is 2.22. The molecule has 1 aliphatic carbocycles. The first-order chi connectivity index (χ1) is 5.86. The third kappa shape index (κ3) is 0.724. The summed E-state index contributed by atoms with van der Waals surface area (Å²) < 4.78 is 0. The molecule has 0 aromatic rings. The number of carbonyl (C=O) groups excluding carboxylic acids is 1. The summed E-state index contributed by atoms with van der Waals surface area (Å²) in [5, 5.41) is 6.43. The smallest absolute Gasteiger partial charge is 0.239 e. The molecule has 2 saturated heterocycles. The Labute approximate surface area is 71.9 Å². The van der Waals surface area contributed by atoms with E-state index >= 15 is 0 Å². The Hall–Kier alpha value is -0.570. The van der Waals surface area contributed by atoms with Gasteiger partial charge >= 0.3 is 0 Å². The monoisotopic (exact) mass is 166 g/mol. The van der Waals surface area contributed by atoms with Crippen molar-refractivity contribution in [1.82, 2.24) is 10.6 Å². The molecule has 0 aromatic carbocycles. The quantitative estimate of drug-likeness (QED) is 0.498. The SMILES string of the molecule is O=C1N[C@@H]2[C@@H]3CCCC[C@@H]3N[C@H]12. The summed E-state index contributed by atoms with van der Waals surface area (Å²) in [5.41, 5.74) is 0. The van der Waals surface area contributed by atoms with Gasteiger partial charge in [-0.1, -0.05) is 12.8 Å². The zero-order valence-electron chi connectivity index (χ0n) is 7.05. The van der Waals surface area contributed by atoms with Gasteiger partial charge in [0.1, 0.15) is 6.04 Å². The summed E-state index contributed by atoms with van der Waals surface area (Å²) in [6.45, 7) is 0. The fourth-order valence-electron chi connectivity index (χ4n) is 2.96. The topological polar surface area (TPSA) is 41.1 Å². The Morgan fingerprint density at radius 1 is 1.25 bits per heavy atom. The Morgan fingerprint density at radius 2 is 2.08 bits per heavy atom. The molecule has 4 atom stereocenters. The van der Waals surface area contributed by atoms with Crippen LogP contribution in [0.3, 0.4) is 0 Å². The normalized spacial score (nSPS) is 50.5. The first-order valence-corrected chi connectivity index (χ1v) is 4.93. The molecule has 1 amide bonds. The lowest BCUT2D eigenvalue weighted by atomic mass is 9.80. The Balaban J connectivity index is 1.81. The predicted molar refractivity (Wildman–Crippen MR) is 44.6 cm³/mol. The van der Waals surface area contributed by atoms with Crippen molar-refractivity contribution < 1.29 is 4.79 Å². The van der Waals surface area contributed by atoms with Gasteiger partial charge in [0.25, 0.3) is 0 Å². The first kappa shape index (κ1) is 6.89. The summed E-state index contributed by atoms with van der Waals surface area (Å²) in [6, 6.07) is 1.27. The highest BCUT2D eigenvalue weighted by Crippen LogP contribution is 2.36. The van der Waals surface area contributed by atoms with E-state index in [1.54, 1.807) is 0 Å². The molecule has 1 saturated carbocycles. The highest BCUT2D eigenvalue weighted by atomic mass is 16.2. The number of fused-ring (bicyclic) bond motifs is 3. The van der Waals surface area contributed by atoms with Crippen molar-refractivity contribution in [1.29, 1.82) is 0 Å². The first-order valence-electron chi connectivity index (χ1n) is 4.93. The summed E-state index contributed by atoms with van der Waals surface area (Å²) in [5.74, 6) is 0.954. The molecule has 3 nitrogen and oxygen atoms in total. The minimum absolute atomic E-state index is 0.165. The van der Waals surface area contributed by atoms with Gasteiger partial charge in [-0.25, -0.2) is 0 Å². The van der Waals surface area contributed by atoms with Crippen LogP contribution in [0.2, 0.25) is 0 Å². The molecule has 2 heterocycles. The molecule has 0 radical (unpaired) electrons. The van der Waals surface area contributed by atoms with E-state index in [1.807, 2.05) is 0 Å². The van der Waals surface area contributed by atoms with Gasteiger partial charge in [0, 0.05) is 6.04 Å². The summed E-state index contributed by atoms with van der Waals surface area (Å²) in [7, 11) is 0. The van der Waals surface area contributed by atoms with Gasteiger partial charge in [-0.05, 0) is 18.8 Å². The van der Waals surface area contributed by atoms with Gasteiger partial charge in [0.2, 0.25) is 5.91 Å². The van der Waals surface area contributed by atoms with E-state index in [0.717, 1.165) is 5.92 Å². The molecule has 0 spiro atoms. The van der Waals surface area contributed by atoms with Crippen LogP contribution in [-0.2, 0) is 4.79 Å². The molecule has 2 N–H and O–H groups in total. The van der Waals surface area contributed by atoms with Crippen molar-refractivity contribution >= 4 is 5.91 Å². The van der Waals surface area contributed by atoms with E-state index in [9.17, 15) is 4.79 Å². The van der Waals surface area contributed by atoms with E-state index in [1.165, 1.54) is 25.7 Å². The van der Waals surface area contributed by atoms with E-state index in [0.29, 0.717) is 12.1 Å². The van der Waals surface area contributed by atoms with E-state index in [4.69, 9.17) is 0 Å². The maximum absolute atomic E-state index is 11.1. The lowest BCUT2D eigenvalue weighted by Crippen LogP contribution is -2.64. The molecule has 3 rings (SSSR count). The van der Waals surface area contributed by atoms with Crippen molar-refractivity contribution in [3.05, 3.63) is 0 Å². The molecule has 3 heteroatoms. The average Bonchev–Trinajstić information content (AvgIpc) is 2.39. The Kier molecular flexibility index (Phi) is 1.28. The van der Waals surface area contributed by atoms with Crippen LogP contribution in [0.4, 0.5) is 0 Å². The van der Waals surface area contributed by atoms with Crippen LogP contribution < -0.4 is 10.6 Å². The highest BCUT2D eigenvalue weighted by molar-refractivity contribution is 5.90. The molecular formula is C9H14N2O. The zero-order chi connectivity index (χ0) is 8.13. The van der Waals surface area contributed by atoms with E-state index in [2.05, 4.69) is 10.6 Å². The van der Waals surface area contributed by atoms with E-state index in [-0.39, 0.29) is 11.9 Å². The van der Waals surface area contributed by atoms with Crippen LogP contribution in [-0.4, -0.2) is 24.0 Å². The summed E-state index contributed by atoms with van der Waals surface area (Å²) in [4.78, 5) is 11.1. The van der Waals surface area contributed by atoms with Crippen molar-refractivity contribution in [2.24, 2.45) is 5.92 Å². The van der Waals surface area contributed by atoms with Gasteiger partial charge in [-0.2, -0.15) is 0 Å². The number of nitrogens with one attached hydrogen (secondary N) is 2. The Morgan fingerprint density at radius 3 is 2.92 bits per heavy atom. The highest BCUT2D eigenvalue weighted by Gasteiger charge is 2.53.